The van der Waals surface area contributed by atoms with Gasteiger partial charge in [-0.25, -0.2) is 16.8 Å². The quantitative estimate of drug-likeness (QED) is 0.843. The maximum Gasteiger partial charge on any atom is 0.243 e. The lowest BCUT2D eigenvalue weighted by Gasteiger charge is -2.22. The molecule has 1 saturated heterocycles. The van der Waals surface area contributed by atoms with Gasteiger partial charge in [0.05, 0.1) is 16.4 Å². The summed E-state index contributed by atoms with van der Waals surface area (Å²) in [4.78, 5) is -0.119. The summed E-state index contributed by atoms with van der Waals surface area (Å²) in [5, 5.41) is 11.0. The molecule has 0 unspecified atom stereocenters. The molecular formula is C15H17NO5S3. The minimum Gasteiger partial charge on any atom is -0.395 e. The number of nitrogens with zero attached hydrogens (tertiary/aromatic N) is 1. The van der Waals surface area contributed by atoms with Gasteiger partial charge in [0.25, 0.3) is 0 Å². The number of benzene rings is 1. The molecule has 6 nitrogen and oxygen atoms in total. The van der Waals surface area contributed by atoms with Gasteiger partial charge in [0.1, 0.15) is 4.21 Å². The van der Waals surface area contributed by atoms with Gasteiger partial charge in [-0.3, -0.25) is 0 Å². The summed E-state index contributed by atoms with van der Waals surface area (Å²) in [5.74, 6) is 0. The zero-order valence-corrected chi connectivity index (χ0v) is 15.1. The van der Waals surface area contributed by atoms with Gasteiger partial charge in [-0.15, -0.1) is 11.3 Å². The smallest absolute Gasteiger partial charge is 0.243 e. The van der Waals surface area contributed by atoms with Gasteiger partial charge in [0, 0.05) is 12.6 Å². The van der Waals surface area contributed by atoms with Crippen molar-refractivity contribution < 1.29 is 21.9 Å². The molecule has 1 atom stereocenters. The lowest BCUT2D eigenvalue weighted by molar-refractivity contribution is 0.213. The Kier molecular flexibility index (Phi) is 4.80. The molecule has 0 aliphatic carbocycles. The molecule has 1 aliphatic heterocycles. The van der Waals surface area contributed by atoms with Crippen LogP contribution in [0.3, 0.4) is 0 Å². The van der Waals surface area contributed by atoms with E-state index in [1.807, 2.05) is 0 Å². The van der Waals surface area contributed by atoms with Crippen molar-refractivity contribution in [1.82, 2.24) is 4.31 Å². The van der Waals surface area contributed by atoms with Crippen LogP contribution in [-0.2, 0) is 19.9 Å². The number of sulfonamides is 1. The van der Waals surface area contributed by atoms with E-state index in [1.54, 1.807) is 11.4 Å². The molecule has 1 N–H and O–H groups in total. The first kappa shape index (κ1) is 17.6. The lowest BCUT2D eigenvalue weighted by atomic mass is 10.2. The summed E-state index contributed by atoms with van der Waals surface area (Å²) in [5.41, 5.74) is 0. The van der Waals surface area contributed by atoms with Crippen LogP contribution < -0.4 is 0 Å². The average molecular weight is 388 g/mol. The first-order chi connectivity index (χ1) is 11.4. The molecule has 130 valence electrons. The highest BCUT2D eigenvalue weighted by molar-refractivity contribution is 7.93. The van der Waals surface area contributed by atoms with Gasteiger partial charge >= 0.3 is 0 Å². The van der Waals surface area contributed by atoms with Crippen LogP contribution in [0.25, 0.3) is 0 Å². The molecule has 1 aromatic carbocycles. The Balaban J connectivity index is 2.02. The Morgan fingerprint density at radius 1 is 1.12 bits per heavy atom. The molecule has 0 saturated carbocycles. The summed E-state index contributed by atoms with van der Waals surface area (Å²) >= 11 is 1.09. The van der Waals surface area contributed by atoms with Crippen molar-refractivity contribution in [2.24, 2.45) is 0 Å². The van der Waals surface area contributed by atoms with E-state index in [1.165, 1.54) is 34.6 Å². The first-order valence-electron chi connectivity index (χ1n) is 7.39. The van der Waals surface area contributed by atoms with Crippen LogP contribution in [0.1, 0.15) is 12.8 Å². The van der Waals surface area contributed by atoms with Gasteiger partial charge in [0.15, 0.2) is 0 Å². The van der Waals surface area contributed by atoms with Crippen molar-refractivity contribution in [2.45, 2.75) is 32.9 Å². The maximum atomic E-state index is 12.8. The van der Waals surface area contributed by atoms with Crippen LogP contribution in [0, 0.1) is 0 Å². The van der Waals surface area contributed by atoms with Gasteiger partial charge in [0.2, 0.25) is 19.9 Å². The number of rotatable bonds is 5. The zero-order chi connectivity index (χ0) is 17.4. The monoisotopic (exact) mass is 387 g/mol. The van der Waals surface area contributed by atoms with Crippen molar-refractivity contribution in [3.05, 3.63) is 41.8 Å². The van der Waals surface area contributed by atoms with E-state index >= 15 is 0 Å². The largest absolute Gasteiger partial charge is 0.395 e. The topological polar surface area (TPSA) is 91.8 Å². The molecule has 0 amide bonds. The average Bonchev–Trinajstić information content (AvgIpc) is 3.26. The van der Waals surface area contributed by atoms with Gasteiger partial charge in [-0.05, 0) is 42.5 Å². The standard InChI is InChI=1S/C15H17NO5S3/c17-11-12-4-2-8-16(12)24(20,21)14-6-1-5-13(10-14)23(18,19)15-7-3-9-22-15/h1,3,5-7,9-10,12,17H,2,4,8,11H2/t12-/m0/s1. The third-order valence-electron chi connectivity index (χ3n) is 4.02. The molecule has 0 radical (unpaired) electrons. The van der Waals surface area contributed by atoms with E-state index < -0.39 is 25.9 Å². The Morgan fingerprint density at radius 2 is 1.88 bits per heavy atom. The van der Waals surface area contributed by atoms with Crippen LogP contribution >= 0.6 is 11.3 Å². The number of sulfone groups is 1. The fourth-order valence-electron chi connectivity index (χ4n) is 2.78. The fourth-order valence-corrected chi connectivity index (χ4v) is 7.02. The SMILES string of the molecule is O=S(=O)(c1cccc(S(=O)(=O)N2CCC[C@H]2CO)c1)c1cccs1. The number of thiophene rings is 1. The van der Waals surface area contributed by atoms with E-state index in [0.717, 1.165) is 11.3 Å². The van der Waals surface area contributed by atoms with Crippen LogP contribution in [0.2, 0.25) is 0 Å². The Hall–Kier alpha value is -1.26. The van der Waals surface area contributed by atoms with Gasteiger partial charge in [-0.1, -0.05) is 12.1 Å². The molecule has 2 aromatic rings. The number of hydrogen-bond donors (Lipinski definition) is 1. The Morgan fingerprint density at radius 3 is 2.54 bits per heavy atom. The van der Waals surface area contributed by atoms with E-state index in [0.29, 0.717) is 19.4 Å². The maximum absolute atomic E-state index is 12.8. The molecule has 0 spiro atoms. The summed E-state index contributed by atoms with van der Waals surface area (Å²) in [6.07, 6.45) is 1.28. The second kappa shape index (κ2) is 6.57. The minimum absolute atomic E-state index is 0.0502. The second-order valence-electron chi connectivity index (χ2n) is 5.50. The molecule has 2 heterocycles. The van der Waals surface area contributed by atoms with E-state index in [4.69, 9.17) is 0 Å². The second-order valence-corrected chi connectivity index (χ2v) is 10.5. The lowest BCUT2D eigenvalue weighted by Crippen LogP contribution is -2.37. The van der Waals surface area contributed by atoms with Crippen LogP contribution in [-0.4, -0.2) is 45.4 Å². The number of hydrogen-bond acceptors (Lipinski definition) is 6. The minimum atomic E-state index is -3.84. The summed E-state index contributed by atoms with van der Waals surface area (Å²) in [6.45, 7) is 0.0852. The predicted molar refractivity (Wildman–Crippen MR) is 90.2 cm³/mol. The van der Waals surface area contributed by atoms with Gasteiger partial charge < -0.3 is 5.11 Å². The molecule has 9 heteroatoms. The van der Waals surface area contributed by atoms with E-state index in [9.17, 15) is 21.9 Å². The van der Waals surface area contributed by atoms with Crippen molar-refractivity contribution in [1.29, 1.82) is 0 Å². The Bertz CT molecular complexity index is 920. The Labute approximate surface area is 145 Å². The third-order valence-corrected chi connectivity index (χ3v) is 9.11. The van der Waals surface area contributed by atoms with E-state index in [2.05, 4.69) is 0 Å². The summed E-state index contributed by atoms with van der Waals surface area (Å²) < 4.78 is 52.2. The van der Waals surface area contributed by atoms with Crippen LogP contribution in [0.5, 0.6) is 0 Å². The third kappa shape index (κ3) is 3.02. The summed E-state index contributed by atoms with van der Waals surface area (Å²) in [6, 6.07) is 8.07. The molecule has 1 fully saturated rings. The highest BCUT2D eigenvalue weighted by Gasteiger charge is 2.35. The molecular weight excluding hydrogens is 370 g/mol. The van der Waals surface area contributed by atoms with Crippen molar-refractivity contribution in [3.8, 4) is 0 Å². The molecule has 3 rings (SSSR count). The van der Waals surface area contributed by atoms with Crippen molar-refractivity contribution in [3.63, 3.8) is 0 Å². The molecule has 24 heavy (non-hydrogen) atoms. The predicted octanol–water partition coefficient (Wildman–Crippen LogP) is 1.73. The van der Waals surface area contributed by atoms with Crippen LogP contribution in [0.15, 0.2) is 55.8 Å². The summed E-state index contributed by atoms with van der Waals surface area (Å²) in [7, 11) is -7.57. The van der Waals surface area contributed by atoms with E-state index in [-0.39, 0.29) is 20.6 Å². The number of aliphatic hydroxyl groups excluding tert-OH is 1. The highest BCUT2D eigenvalue weighted by Crippen LogP contribution is 2.29. The van der Waals surface area contributed by atoms with Crippen molar-refractivity contribution >= 4 is 31.2 Å². The first-order valence-corrected chi connectivity index (χ1v) is 11.2. The van der Waals surface area contributed by atoms with Gasteiger partial charge in [-0.2, -0.15) is 4.31 Å². The molecule has 0 bridgehead atoms. The fraction of sp³-hybridized carbons (Fsp3) is 0.333. The van der Waals surface area contributed by atoms with Crippen molar-refractivity contribution in [2.75, 3.05) is 13.2 Å². The van der Waals surface area contributed by atoms with Crippen LogP contribution in [0.4, 0.5) is 0 Å². The zero-order valence-electron chi connectivity index (χ0n) is 12.7. The number of aliphatic hydroxyl groups is 1. The highest BCUT2D eigenvalue weighted by atomic mass is 32.2. The molecule has 1 aliphatic rings. The normalized spacial score (nSPS) is 19.6. The molecule has 1 aromatic heterocycles.